The minimum atomic E-state index is 0.496. The molecule has 0 bridgehead atoms. The van der Waals surface area contributed by atoms with Gasteiger partial charge in [0, 0.05) is 43.4 Å². The van der Waals surface area contributed by atoms with Crippen molar-refractivity contribution in [1.29, 1.82) is 0 Å². The van der Waals surface area contributed by atoms with Gasteiger partial charge in [0.1, 0.15) is 22.3 Å². The molecule has 8 aromatic carbocycles. The van der Waals surface area contributed by atoms with E-state index in [-0.39, 0.29) is 0 Å². The van der Waals surface area contributed by atoms with Crippen LogP contribution in [0, 0.1) is 0 Å². The maximum Gasteiger partial charge on any atom is 0.238 e. The Bertz CT molecular complexity index is 3530. The Morgan fingerprint density at radius 3 is 1.84 bits per heavy atom. The first-order valence-corrected chi connectivity index (χ1v) is 19.0. The fourth-order valence-corrected chi connectivity index (χ4v) is 8.45. The topological polar surface area (TPSA) is 69.9 Å². The van der Waals surface area contributed by atoms with Crippen molar-refractivity contribution in [3.63, 3.8) is 0 Å². The molecule has 4 heterocycles. The fourth-order valence-electron chi connectivity index (χ4n) is 8.45. The summed E-state index contributed by atoms with van der Waals surface area (Å²) < 4.78 is 15.4. The SMILES string of the molecule is c1ccc(-c2cccc(-c3nc(-c4ccc5c(c4)oc4cccc(-c6ccccc6)c45)nc(-n4c5ccccc5c5ccc6c7ccccc7oc6c54)n3)c2)cc1. The summed E-state index contributed by atoms with van der Waals surface area (Å²) >= 11 is 0. The number of nitrogens with zero attached hydrogens (tertiary/aromatic N) is 4. The van der Waals surface area contributed by atoms with Gasteiger partial charge in [-0.25, -0.2) is 4.98 Å². The van der Waals surface area contributed by atoms with Crippen LogP contribution in [0.3, 0.4) is 0 Å². The van der Waals surface area contributed by atoms with Gasteiger partial charge in [-0.3, -0.25) is 4.57 Å². The van der Waals surface area contributed by atoms with Gasteiger partial charge in [0.05, 0.1) is 5.52 Å². The number of furan rings is 2. The molecule has 57 heavy (non-hydrogen) atoms. The Morgan fingerprint density at radius 2 is 1.00 bits per heavy atom. The molecule has 0 radical (unpaired) electrons. The van der Waals surface area contributed by atoms with Crippen molar-refractivity contribution >= 4 is 65.7 Å². The lowest BCUT2D eigenvalue weighted by molar-refractivity contribution is 0.669. The first kappa shape index (κ1) is 31.5. The second kappa shape index (κ2) is 12.3. The summed E-state index contributed by atoms with van der Waals surface area (Å²) in [4.78, 5) is 15.8. The van der Waals surface area contributed by atoms with Crippen LogP contribution in [0.4, 0.5) is 0 Å². The Morgan fingerprint density at radius 1 is 0.368 bits per heavy atom. The second-order valence-electron chi connectivity index (χ2n) is 14.4. The standard InChI is InChI=1S/C51H30N4O2/c1-3-13-31(14-4-1)33-17-11-18-34(29-33)49-52-50(35-25-26-41-45(30-35)56-44-24-12-21-36(46(41)44)32-15-5-2-6-16-32)54-51(53-49)55-42-22-9-7-19-37(42)39-27-28-40-38-20-8-10-23-43(38)57-48(40)47(39)55/h1-30H. The molecule has 0 amide bonds. The Labute approximate surface area is 325 Å². The van der Waals surface area contributed by atoms with Crippen molar-refractivity contribution < 1.29 is 8.83 Å². The largest absolute Gasteiger partial charge is 0.456 e. The number of para-hydroxylation sites is 2. The molecule has 0 N–H and O–H groups in total. The summed E-state index contributed by atoms with van der Waals surface area (Å²) in [6.07, 6.45) is 0. The normalized spacial score (nSPS) is 11.9. The summed E-state index contributed by atoms with van der Waals surface area (Å²) in [5, 5.41) is 6.37. The molecule has 0 aliphatic carbocycles. The zero-order chi connectivity index (χ0) is 37.5. The van der Waals surface area contributed by atoms with E-state index in [9.17, 15) is 0 Å². The van der Waals surface area contributed by atoms with Crippen molar-refractivity contribution in [2.75, 3.05) is 0 Å². The molecule has 0 aliphatic rings. The molecule has 0 fully saturated rings. The van der Waals surface area contributed by atoms with E-state index in [1.54, 1.807) is 0 Å². The van der Waals surface area contributed by atoms with E-state index < -0.39 is 0 Å². The Kier molecular flexibility index (Phi) is 6.83. The van der Waals surface area contributed by atoms with Gasteiger partial charge in [-0.2, -0.15) is 9.97 Å². The monoisotopic (exact) mass is 730 g/mol. The van der Waals surface area contributed by atoms with Crippen molar-refractivity contribution in [3.05, 3.63) is 182 Å². The lowest BCUT2D eigenvalue weighted by atomic mass is 9.99. The third-order valence-electron chi connectivity index (χ3n) is 11.1. The van der Waals surface area contributed by atoms with Crippen LogP contribution in [0.2, 0.25) is 0 Å². The van der Waals surface area contributed by atoms with E-state index in [2.05, 4.69) is 144 Å². The maximum absolute atomic E-state index is 6.67. The summed E-state index contributed by atoms with van der Waals surface area (Å²) in [5.74, 6) is 1.59. The van der Waals surface area contributed by atoms with Gasteiger partial charge >= 0.3 is 0 Å². The van der Waals surface area contributed by atoms with E-state index in [1.165, 1.54) is 0 Å². The third-order valence-corrected chi connectivity index (χ3v) is 11.1. The number of benzene rings is 8. The molecule has 0 unspecified atom stereocenters. The lowest BCUT2D eigenvalue weighted by Gasteiger charge is -2.12. The van der Waals surface area contributed by atoms with Gasteiger partial charge in [-0.15, -0.1) is 0 Å². The van der Waals surface area contributed by atoms with E-state index >= 15 is 0 Å². The van der Waals surface area contributed by atoms with Crippen LogP contribution in [0.5, 0.6) is 0 Å². The molecular weight excluding hydrogens is 701 g/mol. The highest BCUT2D eigenvalue weighted by atomic mass is 16.3. The quantitative estimate of drug-likeness (QED) is 0.176. The highest BCUT2D eigenvalue weighted by Crippen LogP contribution is 2.41. The summed E-state index contributed by atoms with van der Waals surface area (Å²) in [6, 6.07) is 62.6. The number of hydrogen-bond acceptors (Lipinski definition) is 5. The van der Waals surface area contributed by atoms with Crippen LogP contribution in [0.1, 0.15) is 0 Å². The molecule has 0 atom stereocenters. The number of rotatable bonds is 5. The van der Waals surface area contributed by atoms with Crippen LogP contribution < -0.4 is 0 Å². The molecule has 12 aromatic rings. The molecular formula is C51H30N4O2. The fraction of sp³-hybridized carbons (Fsp3) is 0. The Balaban J connectivity index is 1.13. The molecule has 0 saturated carbocycles. The highest BCUT2D eigenvalue weighted by Gasteiger charge is 2.23. The zero-order valence-corrected chi connectivity index (χ0v) is 30.4. The first-order chi connectivity index (χ1) is 28.2. The van der Waals surface area contributed by atoms with Crippen molar-refractivity contribution in [3.8, 4) is 51.0 Å². The van der Waals surface area contributed by atoms with Crippen LogP contribution in [-0.4, -0.2) is 19.5 Å². The molecule has 6 nitrogen and oxygen atoms in total. The molecule has 4 aromatic heterocycles. The summed E-state index contributed by atoms with van der Waals surface area (Å²) in [6.45, 7) is 0. The van der Waals surface area contributed by atoms with Gasteiger partial charge in [0.2, 0.25) is 5.95 Å². The summed E-state index contributed by atoms with van der Waals surface area (Å²) in [5.41, 5.74) is 11.3. The van der Waals surface area contributed by atoms with Crippen LogP contribution >= 0.6 is 0 Å². The minimum absolute atomic E-state index is 0.496. The van der Waals surface area contributed by atoms with E-state index in [4.69, 9.17) is 23.8 Å². The maximum atomic E-state index is 6.67. The molecule has 0 spiro atoms. The first-order valence-electron chi connectivity index (χ1n) is 19.0. The van der Waals surface area contributed by atoms with Crippen LogP contribution in [0.15, 0.2) is 191 Å². The van der Waals surface area contributed by atoms with Gasteiger partial charge < -0.3 is 8.83 Å². The van der Waals surface area contributed by atoms with Gasteiger partial charge in [0.15, 0.2) is 17.2 Å². The Hall–Kier alpha value is -7.83. The molecule has 6 heteroatoms. The second-order valence-corrected chi connectivity index (χ2v) is 14.4. The van der Waals surface area contributed by atoms with E-state index in [1.807, 2.05) is 42.5 Å². The average Bonchev–Trinajstić information content (AvgIpc) is 3.96. The van der Waals surface area contributed by atoms with Crippen molar-refractivity contribution in [2.45, 2.75) is 0 Å². The number of fused-ring (bicyclic) bond motifs is 10. The number of hydrogen-bond donors (Lipinski definition) is 0. The number of aromatic nitrogens is 4. The predicted molar refractivity (Wildman–Crippen MR) is 230 cm³/mol. The minimum Gasteiger partial charge on any atom is -0.456 e. The van der Waals surface area contributed by atoms with Gasteiger partial charge in [-0.1, -0.05) is 140 Å². The molecule has 12 rings (SSSR count). The van der Waals surface area contributed by atoms with Gasteiger partial charge in [0.25, 0.3) is 0 Å². The average molecular weight is 731 g/mol. The predicted octanol–water partition coefficient (Wildman–Crippen LogP) is 13.4. The third kappa shape index (κ3) is 4.94. The lowest BCUT2D eigenvalue weighted by Crippen LogP contribution is -2.06. The van der Waals surface area contributed by atoms with E-state index in [0.717, 1.165) is 99.1 Å². The van der Waals surface area contributed by atoms with Crippen LogP contribution in [0.25, 0.3) is 117 Å². The molecule has 266 valence electrons. The van der Waals surface area contributed by atoms with Crippen molar-refractivity contribution in [2.24, 2.45) is 0 Å². The van der Waals surface area contributed by atoms with E-state index in [0.29, 0.717) is 17.6 Å². The summed E-state index contributed by atoms with van der Waals surface area (Å²) in [7, 11) is 0. The smallest absolute Gasteiger partial charge is 0.238 e. The highest BCUT2D eigenvalue weighted by molar-refractivity contribution is 6.21. The zero-order valence-electron chi connectivity index (χ0n) is 30.4. The van der Waals surface area contributed by atoms with Crippen LogP contribution in [-0.2, 0) is 0 Å². The van der Waals surface area contributed by atoms with Gasteiger partial charge in [-0.05, 0) is 64.7 Å². The molecule has 0 aliphatic heterocycles. The molecule has 0 saturated heterocycles. The van der Waals surface area contributed by atoms with Crippen molar-refractivity contribution in [1.82, 2.24) is 19.5 Å².